The van der Waals surface area contributed by atoms with Crippen LogP contribution in [0.3, 0.4) is 0 Å². The molecule has 3 aromatic rings. The van der Waals surface area contributed by atoms with E-state index in [2.05, 4.69) is 24.0 Å². The molecular weight excluding hydrogens is 512 g/mol. The van der Waals surface area contributed by atoms with Crippen LogP contribution in [0.2, 0.25) is 0 Å². The molecule has 1 aliphatic rings. The van der Waals surface area contributed by atoms with Gasteiger partial charge in [-0.1, -0.05) is 12.1 Å². The molecule has 1 fully saturated rings. The van der Waals surface area contributed by atoms with Crippen LogP contribution in [0.25, 0.3) is 0 Å². The first-order valence-electron chi connectivity index (χ1n) is 11.3. The van der Waals surface area contributed by atoms with E-state index in [9.17, 15) is 27.1 Å². The normalized spacial score (nSPS) is 19.9. The Morgan fingerprint density at radius 1 is 1.27 bits per heavy atom. The molecule has 0 saturated heterocycles. The second kappa shape index (κ2) is 11.4. The number of aliphatic hydroxyl groups is 1. The predicted octanol–water partition coefficient (Wildman–Crippen LogP) is 1.70. The van der Waals surface area contributed by atoms with Gasteiger partial charge in [0.25, 0.3) is 0 Å². The Balaban J connectivity index is 1.43. The number of halogens is 2. The first-order valence-corrected chi connectivity index (χ1v) is 12.8. The number of ether oxygens (including phenoxy) is 1. The molecule has 37 heavy (non-hydrogen) atoms. The standard InChI is InChI=1S/C23H25F2N5O6S/c24-23(25)36-17-3-1-2-14(7-17)11-30-5-4-19(29-30)22(32)18-10-27-13-28-20(18)8-15-6-16(21(31)9-15)12-35-37(26,33)34/h1-5,7,10,13,15-16,21,23,31H,6,8-9,11-12H2,(H2,26,33,34)/t15-,16+,21-/m0/s1. The van der Waals surface area contributed by atoms with Gasteiger partial charge in [-0.15, -0.1) is 0 Å². The highest BCUT2D eigenvalue weighted by atomic mass is 32.2. The molecule has 0 spiro atoms. The SMILES string of the molecule is NS(=O)(=O)OC[C@H]1C[C@@H](Cc2ncncc2C(=O)c2ccn(Cc3cccc(OC(F)F)c3)n2)C[C@@H]1O. The van der Waals surface area contributed by atoms with Crippen LogP contribution in [0.1, 0.15) is 40.2 Å². The van der Waals surface area contributed by atoms with Crippen molar-refractivity contribution in [2.45, 2.75) is 38.5 Å². The molecule has 0 amide bonds. The van der Waals surface area contributed by atoms with Gasteiger partial charge in [0.15, 0.2) is 0 Å². The van der Waals surface area contributed by atoms with E-state index in [1.165, 1.54) is 29.3 Å². The van der Waals surface area contributed by atoms with Gasteiger partial charge in [0.05, 0.1) is 30.5 Å². The highest BCUT2D eigenvalue weighted by Crippen LogP contribution is 2.34. The molecule has 3 atom stereocenters. The van der Waals surface area contributed by atoms with Crippen molar-refractivity contribution in [1.82, 2.24) is 19.7 Å². The van der Waals surface area contributed by atoms with Gasteiger partial charge in [-0.05, 0) is 48.9 Å². The molecule has 14 heteroatoms. The number of aliphatic hydroxyl groups excluding tert-OH is 1. The van der Waals surface area contributed by atoms with Crippen molar-refractivity contribution in [1.29, 1.82) is 0 Å². The van der Waals surface area contributed by atoms with E-state index in [0.29, 0.717) is 30.5 Å². The van der Waals surface area contributed by atoms with E-state index < -0.39 is 34.7 Å². The molecule has 0 unspecified atom stereocenters. The molecule has 1 saturated carbocycles. The van der Waals surface area contributed by atoms with Crippen LogP contribution in [-0.2, 0) is 27.5 Å². The van der Waals surface area contributed by atoms with E-state index in [1.807, 2.05) is 0 Å². The predicted molar refractivity (Wildman–Crippen MR) is 125 cm³/mol. The number of carbonyl (C=O) groups excluding carboxylic acids is 1. The molecule has 3 N–H and O–H groups in total. The van der Waals surface area contributed by atoms with Crippen molar-refractivity contribution in [3.8, 4) is 5.75 Å². The zero-order chi connectivity index (χ0) is 26.6. The number of nitrogens with zero attached hydrogens (tertiary/aromatic N) is 4. The summed E-state index contributed by atoms with van der Waals surface area (Å²) in [4.78, 5) is 21.4. The Labute approximate surface area is 211 Å². The Morgan fingerprint density at radius 2 is 2.08 bits per heavy atom. The minimum atomic E-state index is -4.11. The van der Waals surface area contributed by atoms with Crippen LogP contribution in [0.15, 0.2) is 49.1 Å². The first kappa shape index (κ1) is 26.7. The maximum absolute atomic E-state index is 13.2. The van der Waals surface area contributed by atoms with Crippen molar-refractivity contribution in [3.63, 3.8) is 0 Å². The number of ketones is 1. The average molecular weight is 538 g/mol. The van der Waals surface area contributed by atoms with Crippen LogP contribution in [0.5, 0.6) is 5.75 Å². The maximum Gasteiger partial charge on any atom is 0.387 e. The van der Waals surface area contributed by atoms with Crippen LogP contribution >= 0.6 is 0 Å². The fourth-order valence-corrected chi connectivity index (χ4v) is 4.80. The number of carbonyl (C=O) groups is 1. The fraction of sp³-hybridized carbons (Fsp3) is 0.391. The number of hydrogen-bond acceptors (Lipinski definition) is 9. The van der Waals surface area contributed by atoms with E-state index in [0.717, 1.165) is 0 Å². The Bertz CT molecular complexity index is 1350. The van der Waals surface area contributed by atoms with E-state index in [-0.39, 0.29) is 36.1 Å². The van der Waals surface area contributed by atoms with Gasteiger partial charge in [0, 0.05) is 18.3 Å². The smallest absolute Gasteiger partial charge is 0.387 e. The highest BCUT2D eigenvalue weighted by Gasteiger charge is 2.35. The van der Waals surface area contributed by atoms with Gasteiger partial charge in [0.2, 0.25) is 5.78 Å². The van der Waals surface area contributed by atoms with Crippen LogP contribution in [-0.4, -0.2) is 58.4 Å². The van der Waals surface area contributed by atoms with Gasteiger partial charge in [-0.25, -0.2) is 15.1 Å². The molecule has 1 aliphatic carbocycles. The molecule has 11 nitrogen and oxygen atoms in total. The van der Waals surface area contributed by atoms with Crippen molar-refractivity contribution < 1.29 is 36.0 Å². The topological polar surface area (TPSA) is 160 Å². The van der Waals surface area contributed by atoms with Crippen LogP contribution < -0.4 is 9.88 Å². The van der Waals surface area contributed by atoms with Crippen molar-refractivity contribution in [2.24, 2.45) is 17.0 Å². The van der Waals surface area contributed by atoms with Gasteiger partial charge in [0.1, 0.15) is 17.8 Å². The van der Waals surface area contributed by atoms with Crippen LogP contribution in [0, 0.1) is 11.8 Å². The maximum atomic E-state index is 13.2. The molecule has 0 bridgehead atoms. The second-order valence-corrected chi connectivity index (χ2v) is 10.0. The summed E-state index contributed by atoms with van der Waals surface area (Å²) in [6.07, 6.45) is 4.78. The summed E-state index contributed by atoms with van der Waals surface area (Å²) in [6, 6.07) is 7.74. The molecular formula is C23H25F2N5O6S. The van der Waals surface area contributed by atoms with Gasteiger partial charge in [-0.2, -0.15) is 22.3 Å². The molecule has 2 aromatic heterocycles. The minimum absolute atomic E-state index is 0.0255. The summed E-state index contributed by atoms with van der Waals surface area (Å²) < 4.78 is 57.6. The summed E-state index contributed by atoms with van der Waals surface area (Å²) in [7, 11) is -4.11. The summed E-state index contributed by atoms with van der Waals surface area (Å²) in [6.45, 7) is -2.92. The lowest BCUT2D eigenvalue weighted by molar-refractivity contribution is -0.0498. The largest absolute Gasteiger partial charge is 0.435 e. The lowest BCUT2D eigenvalue weighted by Crippen LogP contribution is -2.24. The third kappa shape index (κ3) is 7.35. The summed E-state index contributed by atoms with van der Waals surface area (Å²) >= 11 is 0. The lowest BCUT2D eigenvalue weighted by Gasteiger charge is -2.13. The highest BCUT2D eigenvalue weighted by molar-refractivity contribution is 7.84. The number of rotatable bonds is 11. The van der Waals surface area contributed by atoms with E-state index in [4.69, 9.17) is 5.14 Å². The Hall–Kier alpha value is -3.33. The average Bonchev–Trinajstić information content (AvgIpc) is 3.43. The second-order valence-electron chi connectivity index (χ2n) is 8.78. The van der Waals surface area contributed by atoms with E-state index in [1.54, 1.807) is 24.4 Å². The molecule has 0 aliphatic heterocycles. The monoisotopic (exact) mass is 537 g/mol. The number of hydrogen-bond donors (Lipinski definition) is 2. The summed E-state index contributed by atoms with van der Waals surface area (Å²) in [5, 5.41) is 19.5. The quantitative estimate of drug-likeness (QED) is 0.347. The van der Waals surface area contributed by atoms with Crippen LogP contribution in [0.4, 0.5) is 8.78 Å². The Kier molecular flexibility index (Phi) is 8.22. The van der Waals surface area contributed by atoms with E-state index >= 15 is 0 Å². The molecule has 4 rings (SSSR count). The minimum Gasteiger partial charge on any atom is -0.435 e. The van der Waals surface area contributed by atoms with Crippen molar-refractivity contribution >= 4 is 16.1 Å². The molecule has 0 radical (unpaired) electrons. The Morgan fingerprint density at radius 3 is 2.84 bits per heavy atom. The zero-order valence-corrected chi connectivity index (χ0v) is 20.3. The third-order valence-corrected chi connectivity index (χ3v) is 6.53. The summed E-state index contributed by atoms with van der Waals surface area (Å²) in [5.74, 6) is -0.843. The third-order valence-electron chi connectivity index (χ3n) is 6.06. The lowest BCUT2D eigenvalue weighted by atomic mass is 9.96. The van der Waals surface area contributed by atoms with Gasteiger partial charge >= 0.3 is 16.9 Å². The number of nitrogens with two attached hydrogens (primary N) is 1. The number of aromatic nitrogens is 4. The number of alkyl halides is 2. The summed E-state index contributed by atoms with van der Waals surface area (Å²) in [5.41, 5.74) is 1.56. The molecule has 1 aromatic carbocycles. The number of benzene rings is 1. The first-order chi connectivity index (χ1) is 17.6. The molecule has 198 valence electrons. The van der Waals surface area contributed by atoms with Gasteiger partial charge in [-0.3, -0.25) is 13.7 Å². The fourth-order valence-electron chi connectivity index (χ4n) is 4.44. The van der Waals surface area contributed by atoms with Gasteiger partial charge < -0.3 is 9.84 Å². The molecule has 2 heterocycles. The van der Waals surface area contributed by atoms with Crippen molar-refractivity contribution in [2.75, 3.05) is 6.61 Å². The van der Waals surface area contributed by atoms with Crippen molar-refractivity contribution in [3.05, 3.63) is 71.6 Å². The zero-order valence-electron chi connectivity index (χ0n) is 19.5.